The number of nitrogens with two attached hydrogens (primary N) is 1. The highest BCUT2D eigenvalue weighted by molar-refractivity contribution is 5.79. The Morgan fingerprint density at radius 3 is 2.50 bits per heavy atom. The van der Waals surface area contributed by atoms with Crippen LogP contribution in [0.2, 0.25) is 0 Å². The van der Waals surface area contributed by atoms with E-state index in [4.69, 9.17) is 5.73 Å². The van der Waals surface area contributed by atoms with E-state index in [-0.39, 0.29) is 17.4 Å². The predicted molar refractivity (Wildman–Crippen MR) is 57.9 cm³/mol. The van der Waals surface area contributed by atoms with E-state index in [0.717, 1.165) is 19.3 Å². The Morgan fingerprint density at radius 2 is 2.00 bits per heavy atom. The van der Waals surface area contributed by atoms with Gasteiger partial charge in [0.05, 0.1) is 0 Å². The van der Waals surface area contributed by atoms with Crippen LogP contribution in [0.25, 0.3) is 0 Å². The Bertz CT molecular complexity index is 195. The maximum atomic E-state index is 11.8. The third kappa shape index (κ3) is 3.29. The van der Waals surface area contributed by atoms with Crippen LogP contribution in [-0.2, 0) is 4.79 Å². The molecule has 0 heterocycles. The van der Waals surface area contributed by atoms with Crippen LogP contribution in [-0.4, -0.2) is 18.0 Å². The molecule has 0 saturated heterocycles. The van der Waals surface area contributed by atoms with Gasteiger partial charge in [0.15, 0.2) is 0 Å². The molecule has 0 radical (unpaired) electrons. The second-order valence-corrected chi connectivity index (χ2v) is 4.89. The lowest BCUT2D eigenvalue weighted by Crippen LogP contribution is -2.46. The van der Waals surface area contributed by atoms with Crippen molar-refractivity contribution in [1.82, 2.24) is 5.32 Å². The molecule has 1 aliphatic rings. The largest absolute Gasteiger partial charge is 0.351 e. The second kappa shape index (κ2) is 4.78. The van der Waals surface area contributed by atoms with Crippen LogP contribution in [0.1, 0.15) is 46.0 Å². The van der Waals surface area contributed by atoms with E-state index < -0.39 is 0 Å². The monoisotopic (exact) mass is 198 g/mol. The number of hydrogen-bond acceptors (Lipinski definition) is 2. The number of carbonyl (C=O) groups excluding carboxylic acids is 1. The molecule has 0 bridgehead atoms. The van der Waals surface area contributed by atoms with Crippen LogP contribution in [0.15, 0.2) is 0 Å². The minimum absolute atomic E-state index is 0.144. The van der Waals surface area contributed by atoms with Crippen molar-refractivity contribution in [2.45, 2.75) is 51.5 Å². The Balaban J connectivity index is 2.38. The van der Waals surface area contributed by atoms with Gasteiger partial charge in [-0.3, -0.25) is 4.79 Å². The molecule has 1 aliphatic carbocycles. The number of nitrogens with one attached hydrogen (secondary N) is 1. The molecule has 0 aromatic rings. The van der Waals surface area contributed by atoms with Gasteiger partial charge in [-0.05, 0) is 39.7 Å². The molecule has 1 saturated carbocycles. The van der Waals surface area contributed by atoms with E-state index in [1.807, 2.05) is 13.8 Å². The fourth-order valence-corrected chi connectivity index (χ4v) is 2.05. The highest BCUT2D eigenvalue weighted by Crippen LogP contribution is 2.25. The van der Waals surface area contributed by atoms with E-state index in [1.54, 1.807) is 0 Å². The number of amides is 1. The van der Waals surface area contributed by atoms with Gasteiger partial charge in [-0.25, -0.2) is 0 Å². The first-order valence-electron chi connectivity index (χ1n) is 5.57. The Kier molecular flexibility index (Phi) is 3.93. The molecule has 1 rings (SSSR count). The van der Waals surface area contributed by atoms with Crippen molar-refractivity contribution in [2.24, 2.45) is 11.7 Å². The van der Waals surface area contributed by atoms with E-state index in [9.17, 15) is 4.79 Å². The molecular formula is C11H22N2O. The molecule has 0 aromatic carbocycles. The van der Waals surface area contributed by atoms with Gasteiger partial charge < -0.3 is 11.1 Å². The van der Waals surface area contributed by atoms with E-state index >= 15 is 0 Å². The number of hydrogen-bond donors (Lipinski definition) is 2. The molecule has 1 amide bonds. The van der Waals surface area contributed by atoms with Gasteiger partial charge in [0.25, 0.3) is 0 Å². The Hall–Kier alpha value is -0.570. The average molecular weight is 198 g/mol. The molecule has 1 fully saturated rings. The summed E-state index contributed by atoms with van der Waals surface area (Å²) in [7, 11) is 0. The number of carbonyl (C=O) groups is 1. The third-order valence-electron chi connectivity index (χ3n) is 2.96. The highest BCUT2D eigenvalue weighted by atomic mass is 16.2. The molecular weight excluding hydrogens is 176 g/mol. The summed E-state index contributed by atoms with van der Waals surface area (Å²) in [6.07, 6.45) is 5.37. The van der Waals surface area contributed by atoms with Crippen molar-refractivity contribution in [1.29, 1.82) is 0 Å². The lowest BCUT2D eigenvalue weighted by molar-refractivity contribution is -0.126. The molecule has 3 heteroatoms. The SMILES string of the molecule is CC(C)(CCN)NC(=O)C1CCCC1. The summed E-state index contributed by atoms with van der Waals surface area (Å²) in [5.74, 6) is 0.480. The van der Waals surface area contributed by atoms with E-state index in [2.05, 4.69) is 5.32 Å². The Labute approximate surface area is 86.4 Å². The van der Waals surface area contributed by atoms with Crippen molar-refractivity contribution in [3.8, 4) is 0 Å². The van der Waals surface area contributed by atoms with Crippen LogP contribution in [0, 0.1) is 5.92 Å². The Morgan fingerprint density at radius 1 is 1.43 bits per heavy atom. The fraction of sp³-hybridized carbons (Fsp3) is 0.909. The smallest absolute Gasteiger partial charge is 0.223 e. The van der Waals surface area contributed by atoms with Gasteiger partial charge in [-0.1, -0.05) is 12.8 Å². The first-order valence-corrected chi connectivity index (χ1v) is 5.57. The fourth-order valence-electron chi connectivity index (χ4n) is 2.05. The summed E-state index contributed by atoms with van der Waals surface area (Å²) in [6.45, 7) is 4.69. The van der Waals surface area contributed by atoms with Crippen LogP contribution < -0.4 is 11.1 Å². The van der Waals surface area contributed by atoms with Gasteiger partial charge in [0.1, 0.15) is 0 Å². The van der Waals surface area contributed by atoms with E-state index in [1.165, 1.54) is 12.8 Å². The van der Waals surface area contributed by atoms with E-state index in [0.29, 0.717) is 6.54 Å². The van der Waals surface area contributed by atoms with Gasteiger partial charge in [0.2, 0.25) is 5.91 Å². The van der Waals surface area contributed by atoms with Crippen LogP contribution in [0.5, 0.6) is 0 Å². The van der Waals surface area contributed by atoms with Crippen molar-refractivity contribution in [3.63, 3.8) is 0 Å². The summed E-state index contributed by atoms with van der Waals surface area (Å²) in [4.78, 5) is 11.8. The van der Waals surface area contributed by atoms with Crippen LogP contribution >= 0.6 is 0 Å². The molecule has 3 N–H and O–H groups in total. The first-order chi connectivity index (χ1) is 6.55. The normalized spacial score (nSPS) is 18.5. The van der Waals surface area contributed by atoms with Crippen molar-refractivity contribution >= 4 is 5.91 Å². The zero-order valence-corrected chi connectivity index (χ0v) is 9.31. The van der Waals surface area contributed by atoms with Crippen molar-refractivity contribution < 1.29 is 4.79 Å². The quantitative estimate of drug-likeness (QED) is 0.718. The highest BCUT2D eigenvalue weighted by Gasteiger charge is 2.27. The minimum Gasteiger partial charge on any atom is -0.351 e. The van der Waals surface area contributed by atoms with Gasteiger partial charge >= 0.3 is 0 Å². The maximum absolute atomic E-state index is 11.8. The zero-order valence-electron chi connectivity index (χ0n) is 9.31. The summed E-state index contributed by atoms with van der Waals surface area (Å²) >= 11 is 0. The summed E-state index contributed by atoms with van der Waals surface area (Å²) < 4.78 is 0. The zero-order chi connectivity index (χ0) is 10.6. The lowest BCUT2D eigenvalue weighted by atomic mass is 9.98. The predicted octanol–water partition coefficient (Wildman–Crippen LogP) is 1.42. The standard InChI is InChI=1S/C11H22N2O/c1-11(2,7-8-12)13-10(14)9-5-3-4-6-9/h9H,3-8,12H2,1-2H3,(H,13,14). The summed E-state index contributed by atoms with van der Waals surface area (Å²) in [5, 5.41) is 3.08. The molecule has 0 spiro atoms. The topological polar surface area (TPSA) is 55.1 Å². The van der Waals surface area contributed by atoms with Crippen molar-refractivity contribution in [3.05, 3.63) is 0 Å². The van der Waals surface area contributed by atoms with Crippen LogP contribution in [0.4, 0.5) is 0 Å². The molecule has 0 atom stereocenters. The third-order valence-corrected chi connectivity index (χ3v) is 2.96. The molecule has 0 aliphatic heterocycles. The van der Waals surface area contributed by atoms with Gasteiger partial charge in [-0.2, -0.15) is 0 Å². The molecule has 82 valence electrons. The van der Waals surface area contributed by atoms with Gasteiger partial charge in [-0.15, -0.1) is 0 Å². The van der Waals surface area contributed by atoms with Gasteiger partial charge in [0, 0.05) is 11.5 Å². The minimum atomic E-state index is -0.144. The number of rotatable bonds is 4. The average Bonchev–Trinajstić information content (AvgIpc) is 2.53. The molecule has 0 aromatic heterocycles. The van der Waals surface area contributed by atoms with Crippen LogP contribution in [0.3, 0.4) is 0 Å². The summed E-state index contributed by atoms with van der Waals surface area (Å²) in [5.41, 5.74) is 5.35. The molecule has 14 heavy (non-hydrogen) atoms. The maximum Gasteiger partial charge on any atom is 0.223 e. The van der Waals surface area contributed by atoms with Crippen molar-refractivity contribution in [2.75, 3.05) is 6.54 Å². The first kappa shape index (κ1) is 11.5. The molecule has 0 unspecified atom stereocenters. The molecule has 3 nitrogen and oxygen atoms in total. The summed E-state index contributed by atoms with van der Waals surface area (Å²) in [6, 6.07) is 0. The second-order valence-electron chi connectivity index (χ2n) is 4.89. The lowest BCUT2D eigenvalue weighted by Gasteiger charge is -2.27.